The van der Waals surface area contributed by atoms with Gasteiger partial charge in [-0.15, -0.1) is 24.8 Å². The molecule has 0 atom stereocenters. The van der Waals surface area contributed by atoms with E-state index in [4.69, 9.17) is 5.73 Å². The molecular formula is C14H29Cl2N3O. The predicted molar refractivity (Wildman–Crippen MR) is 87.8 cm³/mol. The first-order chi connectivity index (χ1) is 8.53. The van der Waals surface area contributed by atoms with Crippen LogP contribution in [0.1, 0.15) is 46.0 Å². The van der Waals surface area contributed by atoms with Crippen LogP contribution in [0.3, 0.4) is 0 Å². The highest BCUT2D eigenvalue weighted by molar-refractivity contribution is 5.86. The van der Waals surface area contributed by atoms with E-state index in [1.54, 1.807) is 0 Å². The van der Waals surface area contributed by atoms with Crippen molar-refractivity contribution in [3.05, 3.63) is 0 Å². The smallest absolute Gasteiger partial charge is 0.242 e. The Kier molecular flexibility index (Phi) is 8.41. The van der Waals surface area contributed by atoms with Crippen LogP contribution in [0.15, 0.2) is 0 Å². The summed E-state index contributed by atoms with van der Waals surface area (Å²) in [7, 11) is 0. The van der Waals surface area contributed by atoms with Crippen molar-refractivity contribution < 1.29 is 4.79 Å². The molecule has 2 aliphatic rings. The van der Waals surface area contributed by atoms with Gasteiger partial charge in [-0.3, -0.25) is 9.69 Å². The molecule has 2 fully saturated rings. The van der Waals surface area contributed by atoms with Crippen LogP contribution >= 0.6 is 24.8 Å². The van der Waals surface area contributed by atoms with Crippen LogP contribution in [0.5, 0.6) is 0 Å². The lowest BCUT2D eigenvalue weighted by Crippen LogP contribution is -2.60. The van der Waals surface area contributed by atoms with E-state index < -0.39 is 5.54 Å². The maximum absolute atomic E-state index is 12.5. The number of piperazine rings is 1. The third-order valence-electron chi connectivity index (χ3n) is 4.50. The SMILES string of the molecule is CC(C)N1CCN(C(=O)C2(N)CCCCC2)CC1.Cl.Cl. The first-order valence-corrected chi connectivity index (χ1v) is 7.35. The van der Waals surface area contributed by atoms with Gasteiger partial charge in [0.05, 0.1) is 5.54 Å². The Hall–Kier alpha value is -0.0300. The van der Waals surface area contributed by atoms with Crippen molar-refractivity contribution in [2.45, 2.75) is 57.5 Å². The van der Waals surface area contributed by atoms with Crippen LogP contribution in [0.2, 0.25) is 0 Å². The van der Waals surface area contributed by atoms with Crippen molar-refractivity contribution in [3.63, 3.8) is 0 Å². The molecule has 0 aromatic rings. The molecule has 2 N–H and O–H groups in total. The fourth-order valence-corrected chi connectivity index (χ4v) is 3.15. The fraction of sp³-hybridized carbons (Fsp3) is 0.929. The average Bonchev–Trinajstić information content (AvgIpc) is 2.39. The van der Waals surface area contributed by atoms with Gasteiger partial charge in [-0.2, -0.15) is 0 Å². The molecule has 6 heteroatoms. The number of nitrogens with two attached hydrogens (primary N) is 1. The van der Waals surface area contributed by atoms with Gasteiger partial charge >= 0.3 is 0 Å². The van der Waals surface area contributed by atoms with Gasteiger partial charge in [0.1, 0.15) is 0 Å². The molecule has 20 heavy (non-hydrogen) atoms. The van der Waals surface area contributed by atoms with Crippen LogP contribution in [-0.4, -0.2) is 53.5 Å². The third kappa shape index (κ3) is 4.48. The van der Waals surface area contributed by atoms with Gasteiger partial charge in [0.25, 0.3) is 0 Å². The highest BCUT2D eigenvalue weighted by Gasteiger charge is 2.39. The molecule has 0 aromatic heterocycles. The summed E-state index contributed by atoms with van der Waals surface area (Å²) in [6, 6.07) is 0.573. The molecule has 1 aliphatic heterocycles. The number of halogens is 2. The molecule has 1 aliphatic carbocycles. The lowest BCUT2D eigenvalue weighted by atomic mass is 9.81. The number of rotatable bonds is 2. The molecule has 1 saturated carbocycles. The van der Waals surface area contributed by atoms with Gasteiger partial charge in [0.2, 0.25) is 5.91 Å². The minimum Gasteiger partial charge on any atom is -0.339 e. The predicted octanol–water partition coefficient (Wildman–Crippen LogP) is 2.04. The van der Waals surface area contributed by atoms with Crippen LogP contribution in [0.25, 0.3) is 0 Å². The normalized spacial score (nSPS) is 22.9. The van der Waals surface area contributed by atoms with E-state index in [9.17, 15) is 4.79 Å². The second-order valence-corrected chi connectivity index (χ2v) is 6.14. The molecule has 1 amide bonds. The maximum Gasteiger partial charge on any atom is 0.242 e. The summed E-state index contributed by atoms with van der Waals surface area (Å²) in [5.41, 5.74) is 5.77. The summed E-state index contributed by atoms with van der Waals surface area (Å²) >= 11 is 0. The summed E-state index contributed by atoms with van der Waals surface area (Å²) in [6.07, 6.45) is 5.18. The molecule has 4 nitrogen and oxygen atoms in total. The van der Waals surface area contributed by atoms with Crippen molar-refractivity contribution in [3.8, 4) is 0 Å². The third-order valence-corrected chi connectivity index (χ3v) is 4.50. The molecule has 1 heterocycles. The summed E-state index contributed by atoms with van der Waals surface area (Å²) in [5, 5.41) is 0. The van der Waals surface area contributed by atoms with Gasteiger partial charge in [0.15, 0.2) is 0 Å². The minimum absolute atomic E-state index is 0. The topological polar surface area (TPSA) is 49.6 Å². The van der Waals surface area contributed by atoms with E-state index in [0.29, 0.717) is 6.04 Å². The van der Waals surface area contributed by atoms with E-state index in [2.05, 4.69) is 18.7 Å². The van der Waals surface area contributed by atoms with Gasteiger partial charge < -0.3 is 10.6 Å². The fourth-order valence-electron chi connectivity index (χ4n) is 3.15. The second-order valence-electron chi connectivity index (χ2n) is 6.14. The molecule has 1 saturated heterocycles. The van der Waals surface area contributed by atoms with E-state index in [1.165, 1.54) is 6.42 Å². The minimum atomic E-state index is -0.557. The Balaban J connectivity index is 0.00000180. The van der Waals surface area contributed by atoms with Gasteiger partial charge in [-0.25, -0.2) is 0 Å². The van der Waals surface area contributed by atoms with E-state index in [0.717, 1.165) is 51.9 Å². The van der Waals surface area contributed by atoms with Crippen LogP contribution in [-0.2, 0) is 4.79 Å². The summed E-state index contributed by atoms with van der Waals surface area (Å²) in [4.78, 5) is 16.9. The number of amides is 1. The van der Waals surface area contributed by atoms with Gasteiger partial charge in [-0.1, -0.05) is 19.3 Å². The Labute approximate surface area is 135 Å². The summed E-state index contributed by atoms with van der Waals surface area (Å²) in [5.74, 6) is 0.200. The van der Waals surface area contributed by atoms with Crippen LogP contribution in [0.4, 0.5) is 0 Å². The first-order valence-electron chi connectivity index (χ1n) is 7.35. The molecule has 0 aromatic carbocycles. The molecule has 0 unspecified atom stereocenters. The monoisotopic (exact) mass is 325 g/mol. The van der Waals surface area contributed by atoms with Crippen molar-refractivity contribution in [2.24, 2.45) is 5.73 Å². The lowest BCUT2D eigenvalue weighted by Gasteiger charge is -2.42. The molecule has 2 rings (SSSR count). The van der Waals surface area contributed by atoms with Crippen molar-refractivity contribution in [1.29, 1.82) is 0 Å². The Morgan fingerprint density at radius 1 is 1.00 bits per heavy atom. The van der Waals surface area contributed by atoms with E-state index in [1.807, 2.05) is 4.90 Å². The average molecular weight is 326 g/mol. The van der Waals surface area contributed by atoms with Crippen LogP contribution < -0.4 is 5.73 Å². The number of hydrogen-bond donors (Lipinski definition) is 1. The van der Waals surface area contributed by atoms with Crippen LogP contribution in [0, 0.1) is 0 Å². The second kappa shape index (κ2) is 8.42. The molecular weight excluding hydrogens is 297 g/mol. The van der Waals surface area contributed by atoms with Crippen molar-refractivity contribution >= 4 is 30.7 Å². The quantitative estimate of drug-likeness (QED) is 0.845. The summed E-state index contributed by atoms with van der Waals surface area (Å²) in [6.45, 7) is 8.08. The Morgan fingerprint density at radius 2 is 1.50 bits per heavy atom. The zero-order valence-electron chi connectivity index (χ0n) is 12.6. The van der Waals surface area contributed by atoms with Gasteiger partial charge in [-0.05, 0) is 26.7 Å². The number of carbonyl (C=O) groups is 1. The Morgan fingerprint density at radius 3 is 1.95 bits per heavy atom. The maximum atomic E-state index is 12.5. The lowest BCUT2D eigenvalue weighted by molar-refractivity contribution is -0.140. The number of carbonyl (C=O) groups excluding carboxylic acids is 1. The highest BCUT2D eigenvalue weighted by Crippen LogP contribution is 2.28. The molecule has 0 radical (unpaired) electrons. The van der Waals surface area contributed by atoms with E-state index in [-0.39, 0.29) is 30.7 Å². The molecule has 120 valence electrons. The summed E-state index contributed by atoms with van der Waals surface area (Å²) < 4.78 is 0. The zero-order chi connectivity index (χ0) is 13.2. The van der Waals surface area contributed by atoms with Crippen molar-refractivity contribution in [1.82, 2.24) is 9.80 Å². The first kappa shape index (κ1) is 20.0. The molecule has 0 spiro atoms. The largest absolute Gasteiger partial charge is 0.339 e. The van der Waals surface area contributed by atoms with E-state index >= 15 is 0 Å². The van der Waals surface area contributed by atoms with Crippen molar-refractivity contribution in [2.75, 3.05) is 26.2 Å². The highest BCUT2D eigenvalue weighted by atomic mass is 35.5. The zero-order valence-corrected chi connectivity index (χ0v) is 14.3. The Bertz CT molecular complexity index is 299. The number of nitrogens with zero attached hydrogens (tertiary/aromatic N) is 2. The van der Waals surface area contributed by atoms with Gasteiger partial charge in [0, 0.05) is 32.2 Å². The molecule has 0 bridgehead atoms. The standard InChI is InChI=1S/C14H27N3O.2ClH/c1-12(2)16-8-10-17(11-9-16)13(18)14(15)6-4-3-5-7-14;;/h12H,3-11,15H2,1-2H3;2*1H. The number of hydrogen-bond acceptors (Lipinski definition) is 3.